The summed E-state index contributed by atoms with van der Waals surface area (Å²) in [5.41, 5.74) is 0. The Balaban J connectivity index is 2.04. The van der Waals surface area contributed by atoms with Gasteiger partial charge in [0, 0.05) is 27.1 Å². The number of hydrogen-bond donors (Lipinski definition) is 1. The van der Waals surface area contributed by atoms with E-state index in [2.05, 4.69) is 5.32 Å². The Hall–Kier alpha value is -2.64. The van der Waals surface area contributed by atoms with Crippen LogP contribution < -0.4 is 10.1 Å². The van der Waals surface area contributed by atoms with E-state index in [1.54, 1.807) is 6.07 Å². The van der Waals surface area contributed by atoms with Crippen LogP contribution in [0.5, 0.6) is 5.75 Å². The Morgan fingerprint density at radius 2 is 2.00 bits per heavy atom. The molecule has 130 valence electrons. The normalized spacial score (nSPS) is 17.4. The van der Waals surface area contributed by atoms with E-state index in [1.807, 2.05) is 0 Å². The van der Waals surface area contributed by atoms with Crippen molar-refractivity contribution in [1.82, 2.24) is 15.1 Å². The van der Waals surface area contributed by atoms with Crippen molar-refractivity contribution in [1.29, 1.82) is 0 Å². The van der Waals surface area contributed by atoms with Crippen molar-refractivity contribution >= 4 is 17.7 Å². The number of rotatable bonds is 4. The number of likely N-dealkylation sites (N-methyl/N-ethyl adjacent to an activating group) is 1. The van der Waals surface area contributed by atoms with Crippen LogP contribution in [0.2, 0.25) is 0 Å². The first-order valence-electron chi connectivity index (χ1n) is 7.58. The van der Waals surface area contributed by atoms with E-state index in [4.69, 9.17) is 4.74 Å². The standard InChI is InChI=1S/C16H20FN3O4/c1-11(21)19-7-8-20(13(9-19)16(23)18-2)15(22)10-24-14-6-4-3-5-12(14)17/h3-6,13H,7-10H2,1-2H3,(H,18,23). The maximum absolute atomic E-state index is 13.5. The van der Waals surface area contributed by atoms with Crippen molar-refractivity contribution in [2.45, 2.75) is 13.0 Å². The number of ether oxygens (including phenoxy) is 1. The molecule has 0 spiro atoms. The predicted molar refractivity (Wildman–Crippen MR) is 83.7 cm³/mol. The molecule has 0 saturated carbocycles. The smallest absolute Gasteiger partial charge is 0.261 e. The third-order valence-corrected chi connectivity index (χ3v) is 3.88. The fourth-order valence-electron chi connectivity index (χ4n) is 2.54. The van der Waals surface area contributed by atoms with Crippen LogP contribution in [0.25, 0.3) is 0 Å². The maximum Gasteiger partial charge on any atom is 0.261 e. The van der Waals surface area contributed by atoms with Crippen molar-refractivity contribution in [3.8, 4) is 5.75 Å². The second-order valence-corrected chi connectivity index (χ2v) is 5.40. The minimum atomic E-state index is -0.788. The molecule has 1 aliphatic heterocycles. The number of hydrogen-bond acceptors (Lipinski definition) is 4. The van der Waals surface area contributed by atoms with Gasteiger partial charge in [-0.05, 0) is 12.1 Å². The summed E-state index contributed by atoms with van der Waals surface area (Å²) in [7, 11) is 1.47. The summed E-state index contributed by atoms with van der Waals surface area (Å²) < 4.78 is 18.7. The summed E-state index contributed by atoms with van der Waals surface area (Å²) in [4.78, 5) is 38.8. The van der Waals surface area contributed by atoms with Crippen LogP contribution in [0.4, 0.5) is 4.39 Å². The Morgan fingerprint density at radius 3 is 2.62 bits per heavy atom. The highest BCUT2D eigenvalue weighted by molar-refractivity contribution is 5.89. The summed E-state index contributed by atoms with van der Waals surface area (Å²) in [6.45, 7) is 1.72. The number of amides is 3. The van der Waals surface area contributed by atoms with Gasteiger partial charge in [-0.1, -0.05) is 12.1 Å². The molecule has 0 radical (unpaired) electrons. The Morgan fingerprint density at radius 1 is 1.29 bits per heavy atom. The largest absolute Gasteiger partial charge is 0.481 e. The van der Waals surface area contributed by atoms with Crippen LogP contribution in [0.1, 0.15) is 6.92 Å². The van der Waals surface area contributed by atoms with Crippen LogP contribution in [0, 0.1) is 5.82 Å². The van der Waals surface area contributed by atoms with Crippen molar-refractivity contribution in [3.63, 3.8) is 0 Å². The summed E-state index contributed by atoms with van der Waals surface area (Å²) in [5.74, 6) is -1.53. The molecule has 0 bridgehead atoms. The molecular formula is C16H20FN3O4. The van der Waals surface area contributed by atoms with Crippen molar-refractivity contribution in [2.75, 3.05) is 33.3 Å². The van der Waals surface area contributed by atoms with Gasteiger partial charge in [0.1, 0.15) is 6.04 Å². The van der Waals surface area contributed by atoms with Gasteiger partial charge < -0.3 is 19.9 Å². The number of para-hydroxylation sites is 1. The summed E-state index contributed by atoms with van der Waals surface area (Å²) in [6.07, 6.45) is 0. The summed E-state index contributed by atoms with van der Waals surface area (Å²) >= 11 is 0. The predicted octanol–water partition coefficient (Wildman–Crippen LogP) is 0.00980. The van der Waals surface area contributed by atoms with E-state index in [1.165, 1.54) is 42.0 Å². The zero-order chi connectivity index (χ0) is 17.7. The molecule has 1 fully saturated rings. The molecule has 8 heteroatoms. The van der Waals surface area contributed by atoms with Crippen LogP contribution >= 0.6 is 0 Å². The molecule has 7 nitrogen and oxygen atoms in total. The first-order valence-corrected chi connectivity index (χ1v) is 7.58. The van der Waals surface area contributed by atoms with Crippen LogP contribution in [0.3, 0.4) is 0 Å². The molecule has 1 aromatic carbocycles. The summed E-state index contributed by atoms with van der Waals surface area (Å²) in [5, 5.41) is 2.49. The monoisotopic (exact) mass is 337 g/mol. The number of nitrogens with zero attached hydrogens (tertiary/aromatic N) is 2. The lowest BCUT2D eigenvalue weighted by atomic mass is 10.1. The van der Waals surface area contributed by atoms with Gasteiger partial charge in [-0.25, -0.2) is 4.39 Å². The quantitative estimate of drug-likeness (QED) is 0.839. The highest BCUT2D eigenvalue weighted by Gasteiger charge is 2.35. The average molecular weight is 337 g/mol. The number of nitrogens with one attached hydrogen (secondary N) is 1. The molecule has 3 amide bonds. The fraction of sp³-hybridized carbons (Fsp3) is 0.438. The molecule has 1 atom stereocenters. The van der Waals surface area contributed by atoms with E-state index >= 15 is 0 Å². The maximum atomic E-state index is 13.5. The molecule has 1 aromatic rings. The van der Waals surface area contributed by atoms with Gasteiger partial charge in [-0.3, -0.25) is 14.4 Å². The Labute approximate surface area is 139 Å². The first kappa shape index (κ1) is 17.7. The van der Waals surface area contributed by atoms with Crippen LogP contribution in [-0.2, 0) is 14.4 Å². The molecule has 1 aliphatic rings. The highest BCUT2D eigenvalue weighted by atomic mass is 19.1. The number of halogens is 1. The second kappa shape index (κ2) is 7.76. The van der Waals surface area contributed by atoms with E-state index in [0.29, 0.717) is 6.54 Å². The van der Waals surface area contributed by atoms with E-state index in [9.17, 15) is 18.8 Å². The average Bonchev–Trinajstić information content (AvgIpc) is 2.59. The Bertz CT molecular complexity index is 638. The molecule has 1 saturated heterocycles. The minimum Gasteiger partial charge on any atom is -0.481 e. The van der Waals surface area contributed by atoms with Crippen molar-refractivity contribution in [3.05, 3.63) is 30.1 Å². The molecule has 1 unspecified atom stereocenters. The van der Waals surface area contributed by atoms with E-state index in [0.717, 1.165) is 0 Å². The SMILES string of the molecule is CNC(=O)C1CN(C(C)=O)CCN1C(=O)COc1ccccc1F. The van der Waals surface area contributed by atoms with Crippen LogP contribution in [-0.4, -0.2) is 66.9 Å². The van der Waals surface area contributed by atoms with Crippen molar-refractivity contribution in [2.24, 2.45) is 0 Å². The number of carbonyl (C=O) groups excluding carboxylic acids is 3. The Kier molecular flexibility index (Phi) is 5.73. The molecule has 24 heavy (non-hydrogen) atoms. The molecule has 0 aliphatic carbocycles. The van der Waals surface area contributed by atoms with Crippen molar-refractivity contribution < 1.29 is 23.5 Å². The van der Waals surface area contributed by atoms with Gasteiger partial charge in [0.05, 0.1) is 6.54 Å². The first-order chi connectivity index (χ1) is 11.4. The number of benzene rings is 1. The fourth-order valence-corrected chi connectivity index (χ4v) is 2.54. The zero-order valence-corrected chi connectivity index (χ0v) is 13.6. The number of piperazine rings is 1. The zero-order valence-electron chi connectivity index (χ0n) is 13.6. The minimum absolute atomic E-state index is 0.0234. The molecule has 1 N–H and O–H groups in total. The third-order valence-electron chi connectivity index (χ3n) is 3.88. The molecule has 1 heterocycles. The van der Waals surface area contributed by atoms with E-state index < -0.39 is 17.8 Å². The van der Waals surface area contributed by atoms with Gasteiger partial charge in [-0.2, -0.15) is 0 Å². The van der Waals surface area contributed by atoms with Gasteiger partial charge in [-0.15, -0.1) is 0 Å². The van der Waals surface area contributed by atoms with Crippen LogP contribution in [0.15, 0.2) is 24.3 Å². The van der Waals surface area contributed by atoms with Gasteiger partial charge in [0.25, 0.3) is 5.91 Å². The lowest BCUT2D eigenvalue weighted by molar-refractivity contribution is -0.148. The molecule has 2 rings (SSSR count). The van der Waals surface area contributed by atoms with E-state index in [-0.39, 0.29) is 37.3 Å². The lowest BCUT2D eigenvalue weighted by Crippen LogP contribution is -2.61. The molecular weight excluding hydrogens is 317 g/mol. The molecule has 0 aromatic heterocycles. The van der Waals surface area contributed by atoms with Gasteiger partial charge in [0.15, 0.2) is 18.2 Å². The topological polar surface area (TPSA) is 79.0 Å². The summed E-state index contributed by atoms with van der Waals surface area (Å²) in [6, 6.07) is 4.99. The van der Waals surface area contributed by atoms with Gasteiger partial charge >= 0.3 is 0 Å². The third kappa shape index (κ3) is 4.01. The van der Waals surface area contributed by atoms with Gasteiger partial charge in [0.2, 0.25) is 11.8 Å². The second-order valence-electron chi connectivity index (χ2n) is 5.40. The number of carbonyl (C=O) groups is 3. The highest BCUT2D eigenvalue weighted by Crippen LogP contribution is 2.16. The lowest BCUT2D eigenvalue weighted by Gasteiger charge is -2.39.